The highest BCUT2D eigenvalue weighted by atomic mass is 35.5. The number of anilines is 1. The van der Waals surface area contributed by atoms with Gasteiger partial charge in [0.05, 0.1) is 44.9 Å². The average Bonchev–Trinajstić information content (AvgIpc) is 3.36. The molecule has 4 aromatic rings. The number of phenolic OH excluding ortho intramolecular Hbond substituents is 1. The molecule has 45 heavy (non-hydrogen) atoms. The number of aromatic hydroxyl groups is 1. The number of phenols is 1. The number of rotatable bonds is 5. The van der Waals surface area contributed by atoms with Gasteiger partial charge in [-0.15, -0.1) is 0 Å². The lowest BCUT2D eigenvalue weighted by Gasteiger charge is -2.43. The number of nitrogens with zero attached hydrogens (tertiary/aromatic N) is 5. The summed E-state index contributed by atoms with van der Waals surface area (Å²) in [5.74, 6) is -2.83. The fourth-order valence-electron chi connectivity index (χ4n) is 6.85. The van der Waals surface area contributed by atoms with Crippen molar-refractivity contribution >= 4 is 34.1 Å². The molecule has 6 rings (SSSR count). The molecule has 2 aliphatic heterocycles. The topological polar surface area (TPSA) is 91.6 Å². The Labute approximate surface area is 264 Å². The first-order chi connectivity index (χ1) is 21.4. The quantitative estimate of drug-likeness (QED) is 0.253. The Morgan fingerprint density at radius 2 is 1.76 bits per heavy atom. The van der Waals surface area contributed by atoms with E-state index in [1.807, 2.05) is 39.5 Å². The number of pyridine rings is 1. The van der Waals surface area contributed by atoms with Crippen LogP contribution in [-0.4, -0.2) is 55.6 Å². The third-order valence-corrected chi connectivity index (χ3v) is 9.18. The lowest BCUT2D eigenvalue weighted by Crippen LogP contribution is -2.57. The maximum absolute atomic E-state index is 17.3. The van der Waals surface area contributed by atoms with Crippen LogP contribution in [-0.2, 0) is 11.2 Å². The van der Waals surface area contributed by atoms with Crippen molar-refractivity contribution in [2.24, 2.45) is 0 Å². The predicted molar refractivity (Wildman–Crippen MR) is 172 cm³/mol. The van der Waals surface area contributed by atoms with Gasteiger partial charge in [0.1, 0.15) is 17.9 Å². The van der Waals surface area contributed by atoms with Crippen molar-refractivity contribution in [2.45, 2.75) is 65.0 Å². The fraction of sp³-hybridized carbons (Fsp3) is 0.353. The zero-order valence-corrected chi connectivity index (χ0v) is 26.5. The van der Waals surface area contributed by atoms with Crippen molar-refractivity contribution in [1.82, 2.24) is 19.4 Å². The highest BCUT2D eigenvalue weighted by molar-refractivity contribution is 6.34. The van der Waals surface area contributed by atoms with Crippen LogP contribution in [0.5, 0.6) is 5.75 Å². The van der Waals surface area contributed by atoms with Gasteiger partial charge < -0.3 is 14.9 Å². The smallest absolute Gasteiger partial charge is 0.261 e. The fourth-order valence-corrected chi connectivity index (χ4v) is 7.14. The summed E-state index contributed by atoms with van der Waals surface area (Å²) in [5, 5.41) is 10.9. The molecular formula is C34H34ClF2N5O3. The maximum Gasteiger partial charge on any atom is 0.261 e. The monoisotopic (exact) mass is 633 g/mol. The van der Waals surface area contributed by atoms with Gasteiger partial charge in [-0.05, 0) is 43.0 Å². The summed E-state index contributed by atoms with van der Waals surface area (Å²) >= 11 is 6.77. The third-order valence-electron chi connectivity index (χ3n) is 8.88. The van der Waals surface area contributed by atoms with Crippen LogP contribution in [0.25, 0.3) is 27.7 Å². The minimum Gasteiger partial charge on any atom is -0.507 e. The molecule has 0 spiro atoms. The van der Waals surface area contributed by atoms with Gasteiger partial charge in [-0.2, -0.15) is 0 Å². The molecule has 1 fully saturated rings. The van der Waals surface area contributed by atoms with Gasteiger partial charge in [0.25, 0.3) is 5.56 Å². The van der Waals surface area contributed by atoms with E-state index in [4.69, 9.17) is 11.6 Å². The second-order valence-electron chi connectivity index (χ2n) is 12.4. The molecule has 2 atom stereocenters. The van der Waals surface area contributed by atoms with E-state index in [2.05, 4.69) is 16.5 Å². The number of aromatic nitrogens is 3. The molecule has 2 unspecified atom stereocenters. The number of piperazine rings is 1. The van der Waals surface area contributed by atoms with Crippen LogP contribution in [0.15, 0.2) is 48.0 Å². The molecule has 8 nitrogen and oxygen atoms in total. The first-order valence-electron chi connectivity index (χ1n) is 15.0. The van der Waals surface area contributed by atoms with Gasteiger partial charge in [-0.25, -0.2) is 18.7 Å². The summed E-state index contributed by atoms with van der Waals surface area (Å²) < 4.78 is 33.9. The average molecular weight is 634 g/mol. The second-order valence-corrected chi connectivity index (χ2v) is 12.8. The SMILES string of the molecule is C=CC(=O)N1CC2Cc3c(c4cc(Cl)c(-c5c(O)cccc5F)c(F)c4n(-c4c(C(C)C)ncnc4C(C)C)c3=O)N2CC1C. The van der Waals surface area contributed by atoms with E-state index in [9.17, 15) is 14.7 Å². The van der Waals surface area contributed by atoms with Gasteiger partial charge in [0.2, 0.25) is 5.91 Å². The van der Waals surface area contributed by atoms with Gasteiger partial charge in [-0.1, -0.05) is 51.9 Å². The van der Waals surface area contributed by atoms with Crippen molar-refractivity contribution in [3.8, 4) is 22.6 Å². The summed E-state index contributed by atoms with van der Waals surface area (Å²) in [6.07, 6.45) is 3.04. The molecular weight excluding hydrogens is 600 g/mol. The maximum atomic E-state index is 17.3. The molecule has 2 aliphatic rings. The van der Waals surface area contributed by atoms with Crippen molar-refractivity contribution in [2.75, 3.05) is 18.0 Å². The van der Waals surface area contributed by atoms with Crippen LogP contribution in [0.4, 0.5) is 14.5 Å². The zero-order valence-electron chi connectivity index (χ0n) is 25.7. The van der Waals surface area contributed by atoms with Crippen LogP contribution < -0.4 is 10.5 Å². The highest BCUT2D eigenvalue weighted by Gasteiger charge is 2.42. The van der Waals surface area contributed by atoms with Crippen LogP contribution in [0.2, 0.25) is 5.02 Å². The van der Waals surface area contributed by atoms with E-state index in [1.54, 1.807) is 4.90 Å². The Morgan fingerprint density at radius 1 is 1.09 bits per heavy atom. The van der Waals surface area contributed by atoms with Crippen LogP contribution >= 0.6 is 11.6 Å². The Morgan fingerprint density at radius 3 is 2.36 bits per heavy atom. The van der Waals surface area contributed by atoms with Crippen LogP contribution in [0.1, 0.15) is 63.4 Å². The first-order valence-corrected chi connectivity index (χ1v) is 15.4. The van der Waals surface area contributed by atoms with E-state index in [1.165, 1.54) is 35.2 Å². The number of amides is 1. The van der Waals surface area contributed by atoms with E-state index in [0.717, 1.165) is 6.07 Å². The van der Waals surface area contributed by atoms with E-state index >= 15 is 8.78 Å². The molecule has 0 saturated carbocycles. The normalized spacial score (nSPS) is 17.7. The van der Waals surface area contributed by atoms with Crippen molar-refractivity contribution in [3.05, 3.63) is 87.2 Å². The molecule has 1 amide bonds. The van der Waals surface area contributed by atoms with E-state index < -0.39 is 28.5 Å². The molecule has 1 N–H and O–H groups in total. The molecule has 1 saturated heterocycles. The number of halogens is 3. The van der Waals surface area contributed by atoms with Gasteiger partial charge >= 0.3 is 0 Å². The third kappa shape index (κ3) is 4.69. The Bertz CT molecular complexity index is 1910. The summed E-state index contributed by atoms with van der Waals surface area (Å²) in [7, 11) is 0. The zero-order chi connectivity index (χ0) is 32.5. The Balaban J connectivity index is 1.77. The standard InChI is InChI=1S/C34H34ClF2N5O3/c1-7-25(44)40-14-19-11-21-31(41(19)13-18(40)6)20-12-22(35)26(27-23(36)9-8-10-24(27)43)28(37)32(20)42(34(21)45)33-29(16(2)3)38-15-39-30(33)17(4)5/h7-10,12,15-19,43H,1,11,13-14H2,2-6H3. The molecule has 4 heterocycles. The predicted octanol–water partition coefficient (Wildman–Crippen LogP) is 6.48. The first kappa shape index (κ1) is 30.7. The molecule has 0 radical (unpaired) electrons. The van der Waals surface area contributed by atoms with Gasteiger partial charge in [0, 0.05) is 42.1 Å². The summed E-state index contributed by atoms with van der Waals surface area (Å²) in [6, 6.07) is 4.76. The van der Waals surface area contributed by atoms with Crippen molar-refractivity contribution in [3.63, 3.8) is 0 Å². The van der Waals surface area contributed by atoms with Crippen molar-refractivity contribution < 1.29 is 18.7 Å². The number of benzene rings is 2. The molecule has 0 bridgehead atoms. The number of hydrogen-bond donors (Lipinski definition) is 1. The van der Waals surface area contributed by atoms with Gasteiger partial charge in [-0.3, -0.25) is 14.2 Å². The van der Waals surface area contributed by atoms with E-state index in [0.29, 0.717) is 53.2 Å². The molecule has 2 aromatic heterocycles. The molecule has 11 heteroatoms. The minimum atomic E-state index is -0.956. The molecule has 234 valence electrons. The number of fused-ring (bicyclic) bond motifs is 5. The Kier molecular flexibility index (Phi) is 7.67. The summed E-state index contributed by atoms with van der Waals surface area (Å²) in [6.45, 7) is 14.0. The minimum absolute atomic E-state index is 0.114. The summed E-state index contributed by atoms with van der Waals surface area (Å²) in [5.41, 5.74) is 1.13. The second kappa shape index (κ2) is 11.2. The van der Waals surface area contributed by atoms with Crippen LogP contribution in [0, 0.1) is 11.6 Å². The lowest BCUT2D eigenvalue weighted by molar-refractivity contribution is -0.128. The number of hydrogen-bond acceptors (Lipinski definition) is 6. The lowest BCUT2D eigenvalue weighted by atomic mass is 9.97. The number of carbonyl (C=O) groups is 1. The van der Waals surface area contributed by atoms with Gasteiger partial charge in [0.15, 0.2) is 5.82 Å². The molecule has 2 aromatic carbocycles. The van der Waals surface area contributed by atoms with Crippen LogP contribution in [0.3, 0.4) is 0 Å². The number of carbonyl (C=O) groups excluding carboxylic acids is 1. The summed E-state index contributed by atoms with van der Waals surface area (Å²) in [4.78, 5) is 40.3. The largest absolute Gasteiger partial charge is 0.507 e. The van der Waals surface area contributed by atoms with Crippen molar-refractivity contribution in [1.29, 1.82) is 0 Å². The highest BCUT2D eigenvalue weighted by Crippen LogP contribution is 2.47. The Hall–Kier alpha value is -4.31. The van der Waals surface area contributed by atoms with E-state index in [-0.39, 0.29) is 45.9 Å². The molecule has 0 aliphatic carbocycles.